The summed E-state index contributed by atoms with van der Waals surface area (Å²) in [6.07, 6.45) is 0. The second-order valence-corrected chi connectivity index (χ2v) is 8.71. The first kappa shape index (κ1) is 16.6. The van der Waals surface area contributed by atoms with E-state index in [-0.39, 0.29) is 10.2 Å². The van der Waals surface area contributed by atoms with E-state index in [0.29, 0.717) is 11.8 Å². The van der Waals surface area contributed by atoms with Gasteiger partial charge in [-0.05, 0) is 39.7 Å². The first-order chi connectivity index (χ1) is 10.7. The van der Waals surface area contributed by atoms with Crippen molar-refractivity contribution in [2.24, 2.45) is 0 Å². The summed E-state index contributed by atoms with van der Waals surface area (Å²) >= 11 is 5.27. The maximum Gasteiger partial charge on any atom is 0.0723 e. The van der Waals surface area contributed by atoms with Gasteiger partial charge in [0, 0.05) is 5.41 Å². The SMILES string of the molecule is CC(C)c1cc(C(C)C)c2c(c1)C(C)(C)C2(S)c1ccccc1. The fourth-order valence-corrected chi connectivity index (χ4v) is 4.52. The van der Waals surface area contributed by atoms with Gasteiger partial charge >= 0.3 is 0 Å². The molecule has 0 bridgehead atoms. The second-order valence-electron chi connectivity index (χ2n) is 8.04. The van der Waals surface area contributed by atoms with Gasteiger partial charge in [0.15, 0.2) is 0 Å². The van der Waals surface area contributed by atoms with Gasteiger partial charge in [-0.3, -0.25) is 0 Å². The minimum Gasteiger partial charge on any atom is -0.162 e. The lowest BCUT2D eigenvalue weighted by Crippen LogP contribution is -2.53. The molecule has 23 heavy (non-hydrogen) atoms. The average Bonchev–Trinajstić information content (AvgIpc) is 2.53. The monoisotopic (exact) mass is 324 g/mol. The Kier molecular flexibility index (Phi) is 3.92. The van der Waals surface area contributed by atoms with E-state index in [0.717, 1.165) is 0 Å². The topological polar surface area (TPSA) is 0 Å². The summed E-state index contributed by atoms with van der Waals surface area (Å²) in [7, 11) is 0. The van der Waals surface area contributed by atoms with Crippen molar-refractivity contribution < 1.29 is 0 Å². The molecule has 0 saturated heterocycles. The molecule has 1 aliphatic rings. The van der Waals surface area contributed by atoms with E-state index in [1.807, 2.05) is 0 Å². The van der Waals surface area contributed by atoms with Gasteiger partial charge in [-0.15, -0.1) is 0 Å². The fourth-order valence-electron chi connectivity index (χ4n) is 4.00. The third-order valence-electron chi connectivity index (χ3n) is 5.61. The number of thiol groups is 1. The minimum atomic E-state index is -0.210. The molecule has 3 rings (SSSR count). The number of rotatable bonds is 3. The van der Waals surface area contributed by atoms with Crippen molar-refractivity contribution >= 4 is 12.6 Å². The Bertz CT molecular complexity index is 708. The van der Waals surface area contributed by atoms with Gasteiger partial charge in [-0.1, -0.05) is 84.0 Å². The zero-order valence-electron chi connectivity index (χ0n) is 15.1. The molecule has 0 aromatic heterocycles. The highest BCUT2D eigenvalue weighted by atomic mass is 32.1. The van der Waals surface area contributed by atoms with Crippen LogP contribution in [0, 0.1) is 0 Å². The lowest BCUT2D eigenvalue weighted by Gasteiger charge is -2.57. The quantitative estimate of drug-likeness (QED) is 0.621. The molecular formula is C22H28S. The van der Waals surface area contributed by atoms with Gasteiger partial charge in [-0.25, -0.2) is 0 Å². The Labute approximate surface area is 146 Å². The summed E-state index contributed by atoms with van der Waals surface area (Å²) in [4.78, 5) is 0. The molecule has 122 valence electrons. The Morgan fingerprint density at radius 2 is 1.48 bits per heavy atom. The normalized spacial score (nSPS) is 22.1. The van der Waals surface area contributed by atoms with Gasteiger partial charge in [0.25, 0.3) is 0 Å². The summed E-state index contributed by atoms with van der Waals surface area (Å²) in [6, 6.07) is 15.6. The van der Waals surface area contributed by atoms with E-state index >= 15 is 0 Å². The van der Waals surface area contributed by atoms with Gasteiger partial charge < -0.3 is 0 Å². The van der Waals surface area contributed by atoms with E-state index in [2.05, 4.69) is 84.0 Å². The van der Waals surface area contributed by atoms with E-state index in [4.69, 9.17) is 12.6 Å². The summed E-state index contributed by atoms with van der Waals surface area (Å²) in [5, 5.41) is 0. The molecule has 1 atom stereocenters. The third-order valence-corrected chi connectivity index (χ3v) is 6.65. The Hall–Kier alpha value is -1.21. The minimum absolute atomic E-state index is 0.0291. The number of benzene rings is 2. The van der Waals surface area contributed by atoms with Crippen LogP contribution in [0.4, 0.5) is 0 Å². The van der Waals surface area contributed by atoms with Crippen LogP contribution in [-0.4, -0.2) is 0 Å². The first-order valence-corrected chi connectivity index (χ1v) is 9.12. The second kappa shape index (κ2) is 5.41. The molecular weight excluding hydrogens is 296 g/mol. The lowest BCUT2D eigenvalue weighted by molar-refractivity contribution is 0.351. The summed E-state index contributed by atoms with van der Waals surface area (Å²) in [6.45, 7) is 13.8. The molecule has 2 aromatic carbocycles. The zero-order valence-corrected chi connectivity index (χ0v) is 16.0. The highest BCUT2D eigenvalue weighted by molar-refractivity contribution is 7.81. The molecule has 2 aromatic rings. The van der Waals surface area contributed by atoms with Crippen LogP contribution in [0.2, 0.25) is 0 Å². The molecule has 0 saturated carbocycles. The smallest absolute Gasteiger partial charge is 0.0723 e. The van der Waals surface area contributed by atoms with Gasteiger partial charge in [0.2, 0.25) is 0 Å². The Morgan fingerprint density at radius 3 is 2.00 bits per heavy atom. The molecule has 0 radical (unpaired) electrons. The lowest BCUT2D eigenvalue weighted by atomic mass is 9.53. The van der Waals surface area contributed by atoms with Gasteiger partial charge in [0.1, 0.15) is 0 Å². The number of hydrogen-bond acceptors (Lipinski definition) is 1. The van der Waals surface area contributed by atoms with Crippen molar-refractivity contribution in [1.82, 2.24) is 0 Å². The van der Waals surface area contributed by atoms with E-state index in [1.165, 1.54) is 27.8 Å². The molecule has 0 fully saturated rings. The Morgan fingerprint density at radius 1 is 0.870 bits per heavy atom. The van der Waals surface area contributed by atoms with E-state index < -0.39 is 0 Å². The van der Waals surface area contributed by atoms with Crippen LogP contribution >= 0.6 is 12.6 Å². The fraction of sp³-hybridized carbons (Fsp3) is 0.455. The Balaban J connectivity index is 2.30. The highest BCUT2D eigenvalue weighted by Crippen LogP contribution is 2.63. The molecule has 0 amide bonds. The first-order valence-electron chi connectivity index (χ1n) is 8.68. The van der Waals surface area contributed by atoms with Crippen LogP contribution in [0.3, 0.4) is 0 Å². The zero-order chi connectivity index (χ0) is 17.0. The standard InChI is InChI=1S/C22H28S/c1-14(2)16-12-18(15(3)4)20-19(13-16)21(5,6)22(20,23)17-10-8-7-9-11-17/h7-15,23H,1-6H3. The predicted octanol–water partition coefficient (Wildman–Crippen LogP) is 6.40. The number of fused-ring (bicyclic) bond motifs is 1. The van der Waals surface area contributed by atoms with Crippen LogP contribution < -0.4 is 0 Å². The molecule has 0 spiro atoms. The number of hydrogen-bond donors (Lipinski definition) is 1. The van der Waals surface area contributed by atoms with Crippen molar-refractivity contribution in [3.8, 4) is 0 Å². The van der Waals surface area contributed by atoms with Crippen LogP contribution in [0.15, 0.2) is 42.5 Å². The third kappa shape index (κ3) is 2.20. The maximum absolute atomic E-state index is 5.27. The van der Waals surface area contributed by atoms with Crippen molar-refractivity contribution in [1.29, 1.82) is 0 Å². The van der Waals surface area contributed by atoms with Crippen LogP contribution in [-0.2, 0) is 10.2 Å². The van der Waals surface area contributed by atoms with Crippen molar-refractivity contribution in [3.63, 3.8) is 0 Å². The summed E-state index contributed by atoms with van der Waals surface area (Å²) in [5.41, 5.74) is 7.16. The van der Waals surface area contributed by atoms with Crippen LogP contribution in [0.5, 0.6) is 0 Å². The molecule has 0 nitrogen and oxygen atoms in total. The van der Waals surface area contributed by atoms with Gasteiger partial charge in [-0.2, -0.15) is 12.6 Å². The molecule has 1 heteroatoms. The molecule has 0 N–H and O–H groups in total. The van der Waals surface area contributed by atoms with E-state index in [1.54, 1.807) is 0 Å². The van der Waals surface area contributed by atoms with E-state index in [9.17, 15) is 0 Å². The highest BCUT2D eigenvalue weighted by Gasteiger charge is 2.57. The van der Waals surface area contributed by atoms with Crippen LogP contribution in [0.1, 0.15) is 81.2 Å². The van der Waals surface area contributed by atoms with Crippen molar-refractivity contribution in [2.45, 2.75) is 63.5 Å². The molecule has 0 heterocycles. The van der Waals surface area contributed by atoms with Crippen molar-refractivity contribution in [2.75, 3.05) is 0 Å². The van der Waals surface area contributed by atoms with Gasteiger partial charge in [0.05, 0.1) is 4.75 Å². The molecule has 0 aliphatic heterocycles. The largest absolute Gasteiger partial charge is 0.162 e. The molecule has 1 aliphatic carbocycles. The predicted molar refractivity (Wildman–Crippen MR) is 104 cm³/mol. The summed E-state index contributed by atoms with van der Waals surface area (Å²) < 4.78 is -0.210. The summed E-state index contributed by atoms with van der Waals surface area (Å²) in [5.74, 6) is 1.06. The van der Waals surface area contributed by atoms with Crippen LogP contribution in [0.25, 0.3) is 0 Å². The maximum atomic E-state index is 5.27. The molecule has 1 unspecified atom stereocenters. The van der Waals surface area contributed by atoms with Crippen molar-refractivity contribution in [3.05, 3.63) is 70.3 Å². The average molecular weight is 325 g/mol.